The summed E-state index contributed by atoms with van der Waals surface area (Å²) in [5, 5.41) is 21.9. The van der Waals surface area contributed by atoms with Crippen LogP contribution in [-0.2, 0) is 19.7 Å². The standard InChI is InChI=1S/C22H27F3O4S.CH4O3S/c1-11-6-13-14-8-16(24)15-7-12(26)4-5-19(15,2)21(14,25)17(27)9-20(13,3)22(11,29)18(28)30-10-23;1-5(2,3)4/h4-5,7,11,13-14,16-17,27,29H,6,8-10H2,1-3H3;1H3,(H,2,3,4)/t11-,13+,14+,16+,17+,19+,20+,21+,22+;/m1./s1. The summed E-state index contributed by atoms with van der Waals surface area (Å²) in [6.45, 7) is 4.79. The number of halogens is 3. The van der Waals surface area contributed by atoms with Crippen molar-refractivity contribution in [3.63, 3.8) is 0 Å². The van der Waals surface area contributed by atoms with Crippen LogP contribution in [0.5, 0.6) is 0 Å². The molecule has 0 amide bonds. The molecule has 9 atom stereocenters. The van der Waals surface area contributed by atoms with Gasteiger partial charge in [0.2, 0.25) is 5.12 Å². The summed E-state index contributed by atoms with van der Waals surface area (Å²) in [6.07, 6.45) is 1.02. The van der Waals surface area contributed by atoms with Crippen molar-refractivity contribution >= 4 is 32.8 Å². The SMILES string of the molecule is CS(=O)(=O)O.C[C@@H]1C[C@H]2[C@@H]3C[C@H](F)C4=CC(=O)C=C[C@]4(C)[C@@]3(F)[C@@H](O)C[C@]2(C)[C@@]1(O)C(=O)SCF. The van der Waals surface area contributed by atoms with Crippen molar-refractivity contribution in [1.82, 2.24) is 0 Å². The number of aliphatic hydroxyl groups is 2. The molecule has 0 aromatic rings. The van der Waals surface area contributed by atoms with Gasteiger partial charge in [-0.25, -0.2) is 13.2 Å². The maximum Gasteiger partial charge on any atom is 0.261 e. The minimum Gasteiger partial charge on any atom is -0.390 e. The lowest BCUT2D eigenvalue weighted by molar-refractivity contribution is -0.221. The maximum absolute atomic E-state index is 16.9. The normalized spacial score (nSPS) is 46.5. The lowest BCUT2D eigenvalue weighted by Gasteiger charge is -2.63. The van der Waals surface area contributed by atoms with Gasteiger partial charge in [-0.05, 0) is 55.7 Å². The highest BCUT2D eigenvalue weighted by atomic mass is 32.2. The van der Waals surface area contributed by atoms with Crippen LogP contribution in [0.25, 0.3) is 0 Å². The Balaban J connectivity index is 0.000000623. The van der Waals surface area contributed by atoms with Crippen LogP contribution in [-0.4, -0.2) is 69.9 Å². The lowest BCUT2D eigenvalue weighted by Crippen LogP contribution is -2.70. The zero-order valence-corrected chi connectivity index (χ0v) is 21.5. The van der Waals surface area contributed by atoms with Crippen LogP contribution >= 0.6 is 11.8 Å². The van der Waals surface area contributed by atoms with Gasteiger partial charge < -0.3 is 10.2 Å². The second kappa shape index (κ2) is 8.97. The van der Waals surface area contributed by atoms with E-state index < -0.39 is 79.2 Å². The van der Waals surface area contributed by atoms with E-state index in [0.29, 0.717) is 18.0 Å². The smallest absolute Gasteiger partial charge is 0.261 e. The molecule has 3 saturated carbocycles. The molecule has 0 spiro atoms. The summed E-state index contributed by atoms with van der Waals surface area (Å²) in [5.41, 5.74) is -6.91. The van der Waals surface area contributed by atoms with Gasteiger partial charge in [-0.15, -0.1) is 0 Å². The Labute approximate surface area is 207 Å². The monoisotopic (exact) mass is 540 g/mol. The van der Waals surface area contributed by atoms with Crippen molar-refractivity contribution in [3.05, 3.63) is 23.8 Å². The van der Waals surface area contributed by atoms with Crippen molar-refractivity contribution in [2.24, 2.45) is 28.6 Å². The Morgan fingerprint density at radius 1 is 1.26 bits per heavy atom. The molecule has 4 aliphatic rings. The topological polar surface area (TPSA) is 129 Å². The van der Waals surface area contributed by atoms with Crippen molar-refractivity contribution in [3.8, 4) is 0 Å². The van der Waals surface area contributed by atoms with E-state index in [9.17, 15) is 32.6 Å². The molecule has 0 bridgehead atoms. The molecule has 0 aromatic heterocycles. The van der Waals surface area contributed by atoms with Crippen molar-refractivity contribution in [1.29, 1.82) is 0 Å². The van der Waals surface area contributed by atoms with Crippen LogP contribution in [0, 0.1) is 28.6 Å². The molecule has 35 heavy (non-hydrogen) atoms. The quantitative estimate of drug-likeness (QED) is 0.456. The Bertz CT molecular complexity index is 1070. The number of aliphatic hydroxyl groups excluding tert-OH is 1. The Hall–Kier alpha value is -1.21. The molecule has 198 valence electrons. The molecular weight excluding hydrogens is 509 g/mol. The first-order valence-electron chi connectivity index (χ1n) is 11.2. The highest BCUT2D eigenvalue weighted by molar-refractivity contribution is 8.13. The second-order valence-corrected chi connectivity index (χ2v) is 12.9. The number of hydrogen-bond donors (Lipinski definition) is 3. The number of carbonyl (C=O) groups excluding carboxylic acids is 2. The first-order chi connectivity index (χ1) is 15.9. The van der Waals surface area contributed by atoms with E-state index in [0.717, 1.165) is 6.08 Å². The first-order valence-corrected chi connectivity index (χ1v) is 14.1. The summed E-state index contributed by atoms with van der Waals surface area (Å²) in [4.78, 5) is 24.6. The van der Waals surface area contributed by atoms with Crippen LogP contribution in [0.2, 0.25) is 0 Å². The fourth-order valence-electron chi connectivity index (χ4n) is 7.13. The third-order valence-electron chi connectivity index (χ3n) is 8.71. The van der Waals surface area contributed by atoms with Crippen LogP contribution in [0.15, 0.2) is 23.8 Å². The Morgan fingerprint density at radius 2 is 1.83 bits per heavy atom. The number of ketones is 1. The van der Waals surface area contributed by atoms with Gasteiger partial charge >= 0.3 is 0 Å². The fraction of sp³-hybridized carbons (Fsp3) is 0.739. The van der Waals surface area contributed by atoms with E-state index >= 15 is 8.78 Å². The molecule has 0 radical (unpaired) electrons. The predicted molar refractivity (Wildman–Crippen MR) is 124 cm³/mol. The maximum atomic E-state index is 16.9. The van der Waals surface area contributed by atoms with Crippen LogP contribution < -0.4 is 0 Å². The highest BCUT2D eigenvalue weighted by Gasteiger charge is 2.76. The molecule has 4 aliphatic carbocycles. The summed E-state index contributed by atoms with van der Waals surface area (Å²) < 4.78 is 71.0. The molecule has 3 N–H and O–H groups in total. The molecule has 0 aromatic carbocycles. The zero-order chi connectivity index (χ0) is 26.8. The van der Waals surface area contributed by atoms with Gasteiger partial charge in [0.05, 0.1) is 12.4 Å². The summed E-state index contributed by atoms with van der Waals surface area (Å²) in [6, 6.07) is -0.995. The minimum absolute atomic E-state index is 0.0294. The van der Waals surface area contributed by atoms with Gasteiger partial charge in [-0.1, -0.05) is 31.7 Å². The third-order valence-corrected chi connectivity index (χ3v) is 9.39. The van der Waals surface area contributed by atoms with Gasteiger partial charge in [0.1, 0.15) is 17.8 Å². The Morgan fingerprint density at radius 3 is 2.37 bits per heavy atom. The molecular formula is C23H31F3O7S2. The van der Waals surface area contributed by atoms with Gasteiger partial charge in [0.25, 0.3) is 10.1 Å². The molecule has 3 fully saturated rings. The minimum atomic E-state index is -3.67. The van der Waals surface area contributed by atoms with Crippen molar-refractivity contribution in [2.45, 2.75) is 63.6 Å². The van der Waals surface area contributed by atoms with E-state index in [1.165, 1.54) is 19.1 Å². The van der Waals surface area contributed by atoms with Crippen LogP contribution in [0.4, 0.5) is 13.2 Å². The molecule has 0 unspecified atom stereocenters. The fourth-order valence-corrected chi connectivity index (χ4v) is 7.89. The largest absolute Gasteiger partial charge is 0.390 e. The molecule has 0 aliphatic heterocycles. The average Bonchev–Trinajstić information content (AvgIpc) is 2.92. The van der Waals surface area contributed by atoms with Gasteiger partial charge in [0.15, 0.2) is 11.5 Å². The number of allylic oxidation sites excluding steroid dienone is 4. The third kappa shape index (κ3) is 4.13. The van der Waals surface area contributed by atoms with E-state index in [4.69, 9.17) is 4.55 Å². The number of thioether (sulfide) groups is 1. The lowest BCUT2D eigenvalue weighted by atomic mass is 9.44. The van der Waals surface area contributed by atoms with Crippen molar-refractivity contribution in [2.75, 3.05) is 12.3 Å². The summed E-state index contributed by atoms with van der Waals surface area (Å²) in [7, 11) is -3.67. The van der Waals surface area contributed by atoms with Gasteiger partial charge in [0, 0.05) is 16.7 Å². The predicted octanol–water partition coefficient (Wildman–Crippen LogP) is 2.97. The Kier molecular flexibility index (Phi) is 7.27. The number of rotatable bonds is 2. The zero-order valence-electron chi connectivity index (χ0n) is 19.9. The summed E-state index contributed by atoms with van der Waals surface area (Å²) >= 11 is 0.371. The molecule has 12 heteroatoms. The van der Waals surface area contributed by atoms with Gasteiger partial charge in [-0.2, -0.15) is 8.42 Å². The van der Waals surface area contributed by atoms with Crippen molar-refractivity contribution < 1.29 is 45.9 Å². The van der Waals surface area contributed by atoms with E-state index in [-0.39, 0.29) is 24.8 Å². The highest BCUT2D eigenvalue weighted by Crippen LogP contribution is 2.71. The molecule has 7 nitrogen and oxygen atoms in total. The number of fused-ring (bicyclic) bond motifs is 5. The number of alkyl halides is 3. The average molecular weight is 541 g/mol. The summed E-state index contributed by atoms with van der Waals surface area (Å²) in [5.74, 6) is -2.57. The molecule has 4 rings (SSSR count). The first kappa shape index (κ1) is 28.4. The van der Waals surface area contributed by atoms with Crippen LogP contribution in [0.1, 0.15) is 40.0 Å². The van der Waals surface area contributed by atoms with E-state index in [1.54, 1.807) is 13.8 Å². The molecule has 0 saturated heterocycles. The van der Waals surface area contributed by atoms with E-state index in [2.05, 4.69) is 0 Å². The number of carbonyl (C=O) groups is 2. The second-order valence-electron chi connectivity index (χ2n) is 10.5. The van der Waals surface area contributed by atoms with Crippen LogP contribution in [0.3, 0.4) is 0 Å². The van der Waals surface area contributed by atoms with E-state index in [1.807, 2.05) is 0 Å². The number of hydrogen-bond acceptors (Lipinski definition) is 7. The molecule has 0 heterocycles. The van der Waals surface area contributed by atoms with Gasteiger partial charge in [-0.3, -0.25) is 14.1 Å².